The Hall–Kier alpha value is -2.64. The van der Waals surface area contributed by atoms with Crippen molar-refractivity contribution in [2.45, 2.75) is 6.18 Å². The van der Waals surface area contributed by atoms with Gasteiger partial charge in [-0.25, -0.2) is 17.6 Å². The minimum absolute atomic E-state index is 0.193. The van der Waals surface area contributed by atoms with Crippen LogP contribution >= 0.6 is 0 Å². The Balaban J connectivity index is 2.29. The van der Waals surface area contributed by atoms with Crippen LogP contribution in [0.2, 0.25) is 0 Å². The lowest BCUT2D eigenvalue weighted by molar-refractivity contribution is -0.108. The van der Waals surface area contributed by atoms with Crippen molar-refractivity contribution in [3.8, 4) is 11.1 Å². The van der Waals surface area contributed by atoms with Crippen LogP contribution in [-0.2, 0) is 0 Å². The van der Waals surface area contributed by atoms with Crippen molar-refractivity contribution in [1.29, 1.82) is 0 Å². The Labute approximate surface area is 143 Å². The molecule has 0 N–H and O–H groups in total. The molecule has 0 aliphatic carbocycles. The Morgan fingerprint density at radius 2 is 1.04 bits per heavy atom. The van der Waals surface area contributed by atoms with E-state index in [1.54, 1.807) is 0 Å². The number of hydrogen-bond acceptors (Lipinski definition) is 0. The molecule has 0 aromatic heterocycles. The maximum Gasteiger partial charge on any atom is 0.445 e. The van der Waals surface area contributed by atoms with Gasteiger partial charge in [-0.1, -0.05) is 48.5 Å². The third-order valence-corrected chi connectivity index (χ3v) is 3.41. The van der Waals surface area contributed by atoms with Crippen LogP contribution in [0.4, 0.5) is 35.1 Å². The molecule has 2 aromatic rings. The molecular weight excluding hydrogens is 368 g/mol. The van der Waals surface area contributed by atoms with Crippen molar-refractivity contribution in [2.24, 2.45) is 0 Å². The van der Waals surface area contributed by atoms with Gasteiger partial charge >= 0.3 is 6.18 Å². The van der Waals surface area contributed by atoms with Crippen molar-refractivity contribution >= 4 is 11.7 Å². The predicted octanol–water partition coefficient (Wildman–Crippen LogP) is 7.10. The van der Waals surface area contributed by atoms with Crippen molar-refractivity contribution in [3.63, 3.8) is 0 Å². The fourth-order valence-corrected chi connectivity index (χ4v) is 2.08. The molecular formula is C18H10F8. The third-order valence-electron chi connectivity index (χ3n) is 3.41. The molecule has 0 radical (unpaired) electrons. The van der Waals surface area contributed by atoms with Gasteiger partial charge in [-0.3, -0.25) is 0 Å². The Bertz CT molecular complexity index is 827. The highest BCUT2D eigenvalue weighted by molar-refractivity contribution is 5.71. The van der Waals surface area contributed by atoms with Gasteiger partial charge in [0.15, 0.2) is 17.5 Å². The maximum atomic E-state index is 13.5. The highest BCUT2D eigenvalue weighted by Crippen LogP contribution is 2.35. The summed E-state index contributed by atoms with van der Waals surface area (Å²) in [5, 5.41) is 0. The molecule has 0 fully saturated rings. The van der Waals surface area contributed by atoms with E-state index in [0.29, 0.717) is 11.1 Å². The minimum Gasteiger partial charge on any atom is -0.243 e. The smallest absolute Gasteiger partial charge is 0.243 e. The topological polar surface area (TPSA) is 0 Å². The summed E-state index contributed by atoms with van der Waals surface area (Å²) in [6, 6.07) is 9.45. The van der Waals surface area contributed by atoms with Gasteiger partial charge in [0.25, 0.3) is 0 Å². The number of alkyl halides is 4. The zero-order valence-electron chi connectivity index (χ0n) is 12.8. The fourth-order valence-electron chi connectivity index (χ4n) is 2.08. The largest absolute Gasteiger partial charge is 0.445 e. The number of benzene rings is 2. The molecule has 0 atom stereocenters. The molecule has 26 heavy (non-hydrogen) atoms. The predicted molar refractivity (Wildman–Crippen MR) is 82.2 cm³/mol. The quantitative estimate of drug-likeness (QED) is 0.498. The van der Waals surface area contributed by atoms with Crippen LogP contribution in [0.25, 0.3) is 22.8 Å². The molecule has 0 unspecified atom stereocenters. The second kappa shape index (κ2) is 7.72. The second-order valence-corrected chi connectivity index (χ2v) is 5.13. The van der Waals surface area contributed by atoms with Crippen LogP contribution in [0.1, 0.15) is 11.1 Å². The van der Waals surface area contributed by atoms with E-state index in [9.17, 15) is 35.1 Å². The second-order valence-electron chi connectivity index (χ2n) is 5.13. The van der Waals surface area contributed by atoms with E-state index in [0.717, 1.165) is 12.1 Å². The van der Waals surface area contributed by atoms with Gasteiger partial charge in [-0.15, -0.1) is 0 Å². The van der Waals surface area contributed by atoms with Crippen LogP contribution in [-0.4, -0.2) is 12.9 Å². The number of halogens is 8. The number of hydrogen-bond donors (Lipinski definition) is 0. The van der Waals surface area contributed by atoms with Crippen LogP contribution in [0.15, 0.2) is 60.2 Å². The SMILES string of the molecule is FC/C(F)=C(\F)c1ccc(-c2ccc(/C(F)=C(/F)C(F)(F)F)cc2)cc1. The van der Waals surface area contributed by atoms with E-state index >= 15 is 0 Å². The standard InChI is InChI=1S/C18H10F8/c19-9-14(20)15(21)12-5-1-10(2-6-12)11-3-7-13(8-4-11)16(22)17(23)18(24,25)26/h1-8H,9H2/b15-14+,17-16-. The van der Waals surface area contributed by atoms with E-state index in [-0.39, 0.29) is 5.56 Å². The Kier molecular flexibility index (Phi) is 5.84. The fraction of sp³-hybridized carbons (Fsp3) is 0.111. The molecule has 0 bridgehead atoms. The number of rotatable bonds is 4. The van der Waals surface area contributed by atoms with E-state index in [2.05, 4.69) is 0 Å². The van der Waals surface area contributed by atoms with Gasteiger partial charge in [-0.2, -0.15) is 17.6 Å². The van der Waals surface area contributed by atoms with Gasteiger partial charge in [0.2, 0.25) is 5.83 Å². The highest BCUT2D eigenvalue weighted by atomic mass is 19.4. The first-order valence-corrected chi connectivity index (χ1v) is 7.09. The summed E-state index contributed by atoms with van der Waals surface area (Å²) in [5.41, 5.74) is 0.0752. The molecule has 0 saturated carbocycles. The van der Waals surface area contributed by atoms with E-state index < -0.39 is 41.7 Å². The summed E-state index contributed by atoms with van der Waals surface area (Å²) in [4.78, 5) is 0. The zero-order valence-corrected chi connectivity index (χ0v) is 12.8. The summed E-state index contributed by atoms with van der Waals surface area (Å²) in [5.74, 6) is -7.75. The van der Waals surface area contributed by atoms with Gasteiger partial charge in [0.05, 0.1) is 0 Å². The van der Waals surface area contributed by atoms with Gasteiger partial charge in [0.1, 0.15) is 6.67 Å². The summed E-state index contributed by atoms with van der Waals surface area (Å²) in [7, 11) is 0. The maximum absolute atomic E-state index is 13.5. The average Bonchev–Trinajstić information content (AvgIpc) is 2.65. The third kappa shape index (κ3) is 4.30. The summed E-state index contributed by atoms with van der Waals surface area (Å²) >= 11 is 0. The molecule has 0 aliphatic heterocycles. The van der Waals surface area contributed by atoms with E-state index in [1.807, 2.05) is 0 Å². The lowest BCUT2D eigenvalue weighted by atomic mass is 10.0. The van der Waals surface area contributed by atoms with Gasteiger partial charge in [0, 0.05) is 11.1 Å². The van der Waals surface area contributed by atoms with Crippen molar-refractivity contribution < 1.29 is 35.1 Å². The van der Waals surface area contributed by atoms with Gasteiger partial charge in [-0.05, 0) is 11.1 Å². The first-order chi connectivity index (χ1) is 12.1. The van der Waals surface area contributed by atoms with Crippen LogP contribution in [0, 0.1) is 0 Å². The molecule has 0 heterocycles. The molecule has 8 heteroatoms. The Morgan fingerprint density at radius 3 is 1.38 bits per heavy atom. The molecule has 0 nitrogen and oxygen atoms in total. The van der Waals surface area contributed by atoms with Gasteiger partial charge < -0.3 is 0 Å². The van der Waals surface area contributed by atoms with E-state index in [4.69, 9.17) is 0 Å². The summed E-state index contributed by atoms with van der Waals surface area (Å²) in [6.45, 7) is -1.58. The van der Waals surface area contributed by atoms with Crippen LogP contribution < -0.4 is 0 Å². The van der Waals surface area contributed by atoms with Crippen molar-refractivity contribution in [1.82, 2.24) is 0 Å². The average molecular weight is 378 g/mol. The monoisotopic (exact) mass is 378 g/mol. The first-order valence-electron chi connectivity index (χ1n) is 7.09. The zero-order chi connectivity index (χ0) is 19.5. The summed E-state index contributed by atoms with van der Waals surface area (Å²) < 4.78 is 101. The molecule has 2 rings (SSSR count). The van der Waals surface area contributed by atoms with Crippen molar-refractivity contribution in [3.05, 3.63) is 71.3 Å². The minimum atomic E-state index is -5.43. The van der Waals surface area contributed by atoms with Crippen LogP contribution in [0.5, 0.6) is 0 Å². The number of allylic oxidation sites excluding steroid dienone is 2. The van der Waals surface area contributed by atoms with E-state index in [1.165, 1.54) is 36.4 Å². The molecule has 138 valence electrons. The molecule has 0 spiro atoms. The lowest BCUT2D eigenvalue weighted by Crippen LogP contribution is -2.09. The molecule has 2 aromatic carbocycles. The molecule has 0 aliphatic rings. The van der Waals surface area contributed by atoms with Crippen molar-refractivity contribution in [2.75, 3.05) is 6.67 Å². The normalized spacial score (nSPS) is 14.0. The van der Waals surface area contributed by atoms with Crippen LogP contribution in [0.3, 0.4) is 0 Å². The Morgan fingerprint density at radius 1 is 0.654 bits per heavy atom. The molecule has 0 amide bonds. The first kappa shape index (κ1) is 19.7. The molecule has 0 saturated heterocycles. The highest BCUT2D eigenvalue weighted by Gasteiger charge is 2.38. The summed E-state index contributed by atoms with van der Waals surface area (Å²) in [6.07, 6.45) is -5.43. The lowest BCUT2D eigenvalue weighted by Gasteiger charge is -2.07.